The number of thiophene rings is 1. The van der Waals surface area contributed by atoms with Gasteiger partial charge in [-0.2, -0.15) is 0 Å². The lowest BCUT2D eigenvalue weighted by Crippen LogP contribution is -2.46. The quantitative estimate of drug-likeness (QED) is 0.795. The van der Waals surface area contributed by atoms with Crippen LogP contribution in [0.4, 0.5) is 0 Å². The first kappa shape index (κ1) is 15.0. The Balaban J connectivity index is 1.74. The highest BCUT2D eigenvalue weighted by Crippen LogP contribution is 2.24. The normalized spacial score (nSPS) is 14.7. The summed E-state index contributed by atoms with van der Waals surface area (Å²) in [6.45, 7) is 0.719. The van der Waals surface area contributed by atoms with Crippen LogP contribution in [-0.2, 0) is 4.79 Å². The minimum Gasteiger partial charge on any atom is -0.395 e. The molecule has 5 nitrogen and oxygen atoms in total. The van der Waals surface area contributed by atoms with Crippen molar-refractivity contribution in [3.63, 3.8) is 0 Å². The second-order valence-corrected chi connectivity index (χ2v) is 5.83. The van der Waals surface area contributed by atoms with E-state index < -0.39 is 0 Å². The van der Waals surface area contributed by atoms with Crippen molar-refractivity contribution in [1.82, 2.24) is 10.2 Å². The molecule has 0 aliphatic heterocycles. The van der Waals surface area contributed by atoms with E-state index in [1.807, 2.05) is 11.4 Å². The molecule has 0 radical (unpaired) electrons. The zero-order chi connectivity index (χ0) is 14.4. The predicted octanol–water partition coefficient (Wildman–Crippen LogP) is 1.24. The third kappa shape index (κ3) is 3.80. The molecule has 1 saturated carbocycles. The molecule has 0 saturated heterocycles. The maximum absolute atomic E-state index is 12.1. The van der Waals surface area contributed by atoms with Gasteiger partial charge in [-0.25, -0.2) is 0 Å². The number of amides is 2. The van der Waals surface area contributed by atoms with Crippen LogP contribution in [0.2, 0.25) is 0 Å². The van der Waals surface area contributed by atoms with Gasteiger partial charge in [-0.15, -0.1) is 11.3 Å². The molecule has 110 valence electrons. The summed E-state index contributed by atoms with van der Waals surface area (Å²) >= 11 is 1.38. The van der Waals surface area contributed by atoms with Crippen molar-refractivity contribution in [2.75, 3.05) is 19.7 Å². The van der Waals surface area contributed by atoms with Gasteiger partial charge in [0.25, 0.3) is 5.91 Å². The summed E-state index contributed by atoms with van der Waals surface area (Å²) in [5.74, 6) is -0.125. The fourth-order valence-electron chi connectivity index (χ4n) is 2.24. The van der Waals surface area contributed by atoms with Gasteiger partial charge < -0.3 is 15.3 Å². The number of carbonyl (C=O) groups excluding carboxylic acids is 2. The molecule has 6 heteroatoms. The van der Waals surface area contributed by atoms with Crippen molar-refractivity contribution in [3.05, 3.63) is 22.4 Å². The Labute approximate surface area is 122 Å². The highest BCUT2D eigenvalue weighted by molar-refractivity contribution is 7.12. The van der Waals surface area contributed by atoms with Crippen LogP contribution in [0, 0.1) is 0 Å². The summed E-state index contributed by atoms with van der Waals surface area (Å²) in [4.78, 5) is 26.2. The average Bonchev–Trinajstić information content (AvgIpc) is 2.89. The number of nitrogens with one attached hydrogen (secondary N) is 1. The molecule has 0 atom stereocenters. The van der Waals surface area contributed by atoms with E-state index in [1.54, 1.807) is 11.0 Å². The van der Waals surface area contributed by atoms with Gasteiger partial charge >= 0.3 is 0 Å². The van der Waals surface area contributed by atoms with E-state index in [4.69, 9.17) is 5.11 Å². The molecule has 2 N–H and O–H groups in total. The van der Waals surface area contributed by atoms with E-state index in [-0.39, 0.29) is 30.9 Å². The first-order chi connectivity index (χ1) is 9.72. The monoisotopic (exact) mass is 296 g/mol. The molecular formula is C14H20N2O3S. The Bertz CT molecular complexity index is 443. The molecule has 0 unspecified atom stereocenters. The Hall–Kier alpha value is -1.40. The Kier molecular flexibility index (Phi) is 5.55. The molecule has 1 fully saturated rings. The lowest BCUT2D eigenvalue weighted by atomic mass is 9.91. The summed E-state index contributed by atoms with van der Waals surface area (Å²) in [5.41, 5.74) is 0. The summed E-state index contributed by atoms with van der Waals surface area (Å²) in [6.07, 6.45) is 3.48. The molecule has 1 heterocycles. The summed E-state index contributed by atoms with van der Waals surface area (Å²) < 4.78 is 0. The topological polar surface area (TPSA) is 69.6 Å². The largest absolute Gasteiger partial charge is 0.395 e. The number of hydrogen-bond acceptors (Lipinski definition) is 4. The summed E-state index contributed by atoms with van der Waals surface area (Å²) in [6, 6.07) is 3.86. The molecular weight excluding hydrogens is 276 g/mol. The van der Waals surface area contributed by atoms with E-state index in [0.29, 0.717) is 18.0 Å². The van der Waals surface area contributed by atoms with E-state index in [2.05, 4.69) is 5.32 Å². The molecule has 1 aliphatic carbocycles. The highest BCUT2D eigenvalue weighted by atomic mass is 32.1. The average molecular weight is 296 g/mol. The van der Waals surface area contributed by atoms with Gasteiger partial charge in [0, 0.05) is 25.6 Å². The number of aliphatic hydroxyl groups is 1. The van der Waals surface area contributed by atoms with Crippen molar-refractivity contribution in [1.29, 1.82) is 0 Å². The second kappa shape index (κ2) is 7.40. The van der Waals surface area contributed by atoms with E-state index in [0.717, 1.165) is 19.3 Å². The van der Waals surface area contributed by atoms with Crippen LogP contribution in [0.3, 0.4) is 0 Å². The first-order valence-corrected chi connectivity index (χ1v) is 7.82. The van der Waals surface area contributed by atoms with Gasteiger partial charge in [0.05, 0.1) is 11.5 Å². The first-order valence-electron chi connectivity index (χ1n) is 6.94. The number of aliphatic hydroxyl groups excluding tert-OH is 1. The molecule has 0 spiro atoms. The smallest absolute Gasteiger partial charge is 0.261 e. The van der Waals surface area contributed by atoms with Crippen molar-refractivity contribution >= 4 is 23.2 Å². The van der Waals surface area contributed by atoms with Crippen LogP contribution in [0.15, 0.2) is 17.5 Å². The maximum atomic E-state index is 12.1. The Morgan fingerprint density at radius 2 is 2.25 bits per heavy atom. The van der Waals surface area contributed by atoms with E-state index in [9.17, 15) is 9.59 Å². The van der Waals surface area contributed by atoms with Gasteiger partial charge in [0.2, 0.25) is 5.91 Å². The van der Waals surface area contributed by atoms with Crippen molar-refractivity contribution in [2.24, 2.45) is 0 Å². The van der Waals surface area contributed by atoms with Gasteiger partial charge in [-0.05, 0) is 30.7 Å². The zero-order valence-electron chi connectivity index (χ0n) is 11.4. The van der Waals surface area contributed by atoms with Crippen LogP contribution in [-0.4, -0.2) is 47.6 Å². The molecule has 2 rings (SSSR count). The molecule has 1 aromatic rings. The Morgan fingerprint density at radius 3 is 2.80 bits per heavy atom. The van der Waals surface area contributed by atoms with Gasteiger partial charge in [-0.1, -0.05) is 6.07 Å². The lowest BCUT2D eigenvalue weighted by molar-refractivity contribution is -0.135. The minimum absolute atomic E-state index is 0.00947. The van der Waals surface area contributed by atoms with Crippen LogP contribution in [0.5, 0.6) is 0 Å². The zero-order valence-corrected chi connectivity index (χ0v) is 12.2. The third-order valence-corrected chi connectivity index (χ3v) is 4.41. The van der Waals surface area contributed by atoms with Gasteiger partial charge in [0.1, 0.15) is 0 Å². The minimum atomic E-state index is -0.134. The highest BCUT2D eigenvalue weighted by Gasteiger charge is 2.27. The number of carbonyl (C=O) groups is 2. The fourth-order valence-corrected chi connectivity index (χ4v) is 2.88. The van der Waals surface area contributed by atoms with Crippen LogP contribution in [0.25, 0.3) is 0 Å². The van der Waals surface area contributed by atoms with Crippen LogP contribution in [0.1, 0.15) is 35.4 Å². The second-order valence-electron chi connectivity index (χ2n) is 4.88. The van der Waals surface area contributed by atoms with E-state index in [1.165, 1.54) is 11.3 Å². The van der Waals surface area contributed by atoms with Crippen LogP contribution >= 0.6 is 11.3 Å². The summed E-state index contributed by atoms with van der Waals surface area (Å²) in [7, 11) is 0. The lowest BCUT2D eigenvalue weighted by Gasteiger charge is -2.37. The maximum Gasteiger partial charge on any atom is 0.261 e. The molecule has 0 aromatic carbocycles. The fraction of sp³-hybridized carbons (Fsp3) is 0.571. The van der Waals surface area contributed by atoms with Gasteiger partial charge in [-0.3, -0.25) is 9.59 Å². The van der Waals surface area contributed by atoms with E-state index >= 15 is 0 Å². The van der Waals surface area contributed by atoms with Crippen LogP contribution < -0.4 is 5.32 Å². The molecule has 2 amide bonds. The third-order valence-electron chi connectivity index (χ3n) is 3.55. The Morgan fingerprint density at radius 1 is 1.45 bits per heavy atom. The number of nitrogens with zero attached hydrogens (tertiary/aromatic N) is 1. The number of hydrogen-bond donors (Lipinski definition) is 2. The van der Waals surface area contributed by atoms with Crippen molar-refractivity contribution < 1.29 is 14.7 Å². The molecule has 1 aliphatic rings. The van der Waals surface area contributed by atoms with Crippen molar-refractivity contribution in [2.45, 2.75) is 31.7 Å². The van der Waals surface area contributed by atoms with Gasteiger partial charge in [0.15, 0.2) is 0 Å². The summed E-state index contributed by atoms with van der Waals surface area (Å²) in [5, 5.41) is 13.6. The standard InChI is InChI=1S/C14H20N2O3S/c17-9-8-16(11-3-1-4-11)13(18)6-7-15-14(19)12-5-2-10-20-12/h2,5,10-11,17H,1,3-4,6-9H2,(H,15,19). The molecule has 1 aromatic heterocycles. The number of rotatable bonds is 7. The predicted molar refractivity (Wildman–Crippen MR) is 77.7 cm³/mol. The molecule has 0 bridgehead atoms. The van der Waals surface area contributed by atoms with Crippen molar-refractivity contribution in [3.8, 4) is 0 Å². The molecule has 20 heavy (non-hydrogen) atoms. The SMILES string of the molecule is O=C(NCCC(=O)N(CCO)C1CCC1)c1cccs1.